The van der Waals surface area contributed by atoms with E-state index in [1.807, 2.05) is 24.3 Å². The lowest BCUT2D eigenvalue weighted by Crippen LogP contribution is -2.22. The number of aromatic nitrogens is 1. The van der Waals surface area contributed by atoms with Crippen LogP contribution in [0.5, 0.6) is 0 Å². The summed E-state index contributed by atoms with van der Waals surface area (Å²) in [5, 5.41) is 10.9. The van der Waals surface area contributed by atoms with Crippen molar-refractivity contribution in [2.24, 2.45) is 11.5 Å². The van der Waals surface area contributed by atoms with Crippen LogP contribution < -0.4 is 16.8 Å². The molecule has 22 heavy (non-hydrogen) atoms. The van der Waals surface area contributed by atoms with Gasteiger partial charge in [-0.2, -0.15) is 5.26 Å². The van der Waals surface area contributed by atoms with E-state index in [0.29, 0.717) is 11.4 Å². The number of nitrogens with one attached hydrogen (secondary N) is 2. The first-order valence-corrected chi connectivity index (χ1v) is 7.19. The summed E-state index contributed by atoms with van der Waals surface area (Å²) in [5.74, 6) is -0.179. The van der Waals surface area contributed by atoms with Gasteiger partial charge in [-0.3, -0.25) is 10.1 Å². The van der Waals surface area contributed by atoms with E-state index in [1.165, 1.54) is 11.8 Å². The molecule has 3 amide bonds. The lowest BCUT2D eigenvalue weighted by Gasteiger charge is -2.02. The number of amides is 3. The average molecular weight is 315 g/mol. The van der Waals surface area contributed by atoms with E-state index < -0.39 is 11.9 Å². The van der Waals surface area contributed by atoms with Gasteiger partial charge in [0.2, 0.25) is 0 Å². The number of nitrogens with zero attached hydrogens (tertiary/aromatic N) is 1. The van der Waals surface area contributed by atoms with Gasteiger partial charge < -0.3 is 16.5 Å². The summed E-state index contributed by atoms with van der Waals surface area (Å²) in [5.41, 5.74) is 11.9. The van der Waals surface area contributed by atoms with E-state index in [2.05, 4.69) is 16.4 Å². The lowest BCUT2D eigenvalue weighted by molar-refractivity contribution is 0.100. The first-order chi connectivity index (χ1) is 10.5. The van der Waals surface area contributed by atoms with Gasteiger partial charge in [-0.05, 0) is 23.8 Å². The van der Waals surface area contributed by atoms with E-state index in [-0.39, 0.29) is 11.4 Å². The summed E-state index contributed by atoms with van der Waals surface area (Å²) in [4.78, 5) is 26.2. The Bertz CT molecular complexity index is 763. The molecule has 0 aliphatic heterocycles. The largest absolute Gasteiger partial charge is 0.365 e. The van der Waals surface area contributed by atoms with Gasteiger partial charge in [0, 0.05) is 10.6 Å². The number of carbonyl (C=O) groups is 2. The Morgan fingerprint density at radius 1 is 1.32 bits per heavy atom. The molecule has 0 atom stereocenters. The summed E-state index contributed by atoms with van der Waals surface area (Å²) in [6, 6.07) is 10.2. The first kappa shape index (κ1) is 15.5. The molecule has 0 radical (unpaired) electrons. The zero-order valence-corrected chi connectivity index (χ0v) is 12.2. The topological polar surface area (TPSA) is 138 Å². The van der Waals surface area contributed by atoms with Crippen LogP contribution in [-0.2, 0) is 0 Å². The molecule has 0 aliphatic rings. The quantitative estimate of drug-likeness (QED) is 0.626. The summed E-state index contributed by atoms with van der Waals surface area (Å²) in [6.45, 7) is 0. The summed E-state index contributed by atoms with van der Waals surface area (Å²) in [7, 11) is 0. The van der Waals surface area contributed by atoms with Crippen LogP contribution in [0.25, 0.3) is 11.3 Å². The van der Waals surface area contributed by atoms with E-state index in [1.54, 1.807) is 6.07 Å². The number of benzene rings is 1. The van der Waals surface area contributed by atoms with Crippen molar-refractivity contribution >= 4 is 29.5 Å². The molecular formula is C14H13N5O2S. The molecule has 0 aliphatic carbocycles. The fourth-order valence-electron chi connectivity index (χ4n) is 1.90. The summed E-state index contributed by atoms with van der Waals surface area (Å²) < 4.78 is 0. The lowest BCUT2D eigenvalue weighted by atomic mass is 10.1. The van der Waals surface area contributed by atoms with Gasteiger partial charge in [-0.25, -0.2) is 4.79 Å². The van der Waals surface area contributed by atoms with E-state index in [0.717, 1.165) is 10.5 Å². The van der Waals surface area contributed by atoms with Crippen LogP contribution in [0.15, 0.2) is 35.2 Å². The van der Waals surface area contributed by atoms with Crippen LogP contribution in [0.2, 0.25) is 0 Å². The standard InChI is InChI=1S/C14H13N5O2S/c15-4-5-22-9-3-1-2-8(6-9)11-7-10(12(16)20)13(18-11)19-14(17)21/h1-3,6-7,18H,5H2,(H2,16,20)(H3,17,19,21). The number of anilines is 1. The highest BCUT2D eigenvalue weighted by atomic mass is 32.2. The Hall–Kier alpha value is -2.92. The highest BCUT2D eigenvalue weighted by molar-refractivity contribution is 7.99. The molecule has 0 fully saturated rings. The summed E-state index contributed by atoms with van der Waals surface area (Å²) >= 11 is 1.40. The van der Waals surface area contributed by atoms with Gasteiger partial charge in [0.1, 0.15) is 5.82 Å². The predicted molar refractivity (Wildman–Crippen MR) is 84.3 cm³/mol. The van der Waals surface area contributed by atoms with Gasteiger partial charge in [-0.1, -0.05) is 12.1 Å². The SMILES string of the molecule is N#CCSc1cccc(-c2cc(C(N)=O)c(NC(N)=O)[nH]2)c1. The molecular weight excluding hydrogens is 302 g/mol. The molecule has 1 heterocycles. The van der Waals surface area contributed by atoms with Crippen molar-refractivity contribution in [1.82, 2.24) is 4.98 Å². The number of aromatic amines is 1. The number of urea groups is 1. The number of carbonyl (C=O) groups excluding carboxylic acids is 2. The molecule has 8 heteroatoms. The number of nitrogens with two attached hydrogens (primary N) is 2. The molecule has 2 aromatic rings. The number of hydrogen-bond donors (Lipinski definition) is 4. The fraction of sp³-hybridized carbons (Fsp3) is 0.0714. The molecule has 1 aromatic carbocycles. The molecule has 0 bridgehead atoms. The Balaban J connectivity index is 2.38. The Kier molecular flexibility index (Phi) is 4.70. The molecule has 0 unspecified atom stereocenters. The molecule has 0 spiro atoms. The minimum absolute atomic E-state index is 0.142. The van der Waals surface area contributed by atoms with Crippen LogP contribution in [0.3, 0.4) is 0 Å². The Labute approximate surface area is 130 Å². The van der Waals surface area contributed by atoms with E-state index >= 15 is 0 Å². The maximum Gasteiger partial charge on any atom is 0.317 e. The van der Waals surface area contributed by atoms with Gasteiger partial charge in [-0.15, -0.1) is 11.8 Å². The van der Waals surface area contributed by atoms with Crippen molar-refractivity contribution in [1.29, 1.82) is 5.26 Å². The van der Waals surface area contributed by atoms with E-state index in [9.17, 15) is 9.59 Å². The molecule has 7 nitrogen and oxygen atoms in total. The van der Waals surface area contributed by atoms with Crippen LogP contribution in [-0.4, -0.2) is 22.7 Å². The van der Waals surface area contributed by atoms with Crippen molar-refractivity contribution < 1.29 is 9.59 Å². The minimum Gasteiger partial charge on any atom is -0.365 e. The number of hydrogen-bond acceptors (Lipinski definition) is 4. The number of nitriles is 1. The summed E-state index contributed by atoms with van der Waals surface area (Å²) in [6.07, 6.45) is 0. The maximum absolute atomic E-state index is 11.4. The smallest absolute Gasteiger partial charge is 0.317 e. The van der Waals surface area contributed by atoms with Crippen molar-refractivity contribution in [3.63, 3.8) is 0 Å². The van der Waals surface area contributed by atoms with Gasteiger partial charge in [0.25, 0.3) is 5.91 Å². The number of thioether (sulfide) groups is 1. The number of H-pyrrole nitrogens is 1. The third-order valence-electron chi connectivity index (χ3n) is 2.78. The third-order valence-corrected chi connectivity index (χ3v) is 3.64. The average Bonchev–Trinajstić information content (AvgIpc) is 2.88. The van der Waals surface area contributed by atoms with Crippen LogP contribution in [0, 0.1) is 11.3 Å². The predicted octanol–water partition coefficient (Wildman–Crippen LogP) is 1.89. The Morgan fingerprint density at radius 3 is 2.73 bits per heavy atom. The van der Waals surface area contributed by atoms with Crippen molar-refractivity contribution in [3.05, 3.63) is 35.9 Å². The second-order valence-electron chi connectivity index (χ2n) is 4.30. The third kappa shape index (κ3) is 3.59. The van der Waals surface area contributed by atoms with Crippen molar-refractivity contribution in [3.8, 4) is 17.3 Å². The maximum atomic E-state index is 11.4. The first-order valence-electron chi connectivity index (χ1n) is 6.20. The molecule has 2 rings (SSSR count). The van der Waals surface area contributed by atoms with Gasteiger partial charge in [0.05, 0.1) is 17.4 Å². The highest BCUT2D eigenvalue weighted by Gasteiger charge is 2.15. The van der Waals surface area contributed by atoms with Gasteiger partial charge in [0.15, 0.2) is 0 Å². The molecule has 6 N–H and O–H groups in total. The molecule has 0 saturated heterocycles. The second kappa shape index (κ2) is 6.69. The Morgan fingerprint density at radius 2 is 2.09 bits per heavy atom. The van der Waals surface area contributed by atoms with E-state index in [4.69, 9.17) is 16.7 Å². The number of primary amides is 2. The monoisotopic (exact) mass is 315 g/mol. The van der Waals surface area contributed by atoms with Crippen molar-refractivity contribution in [2.45, 2.75) is 4.90 Å². The normalized spacial score (nSPS) is 9.95. The zero-order chi connectivity index (χ0) is 16.1. The van der Waals surface area contributed by atoms with Gasteiger partial charge >= 0.3 is 6.03 Å². The van der Waals surface area contributed by atoms with Crippen LogP contribution in [0.4, 0.5) is 10.6 Å². The second-order valence-corrected chi connectivity index (χ2v) is 5.35. The fourth-order valence-corrected chi connectivity index (χ4v) is 2.51. The highest BCUT2D eigenvalue weighted by Crippen LogP contribution is 2.28. The number of rotatable bonds is 5. The van der Waals surface area contributed by atoms with Crippen LogP contribution in [0.1, 0.15) is 10.4 Å². The molecule has 112 valence electrons. The van der Waals surface area contributed by atoms with Crippen molar-refractivity contribution in [2.75, 3.05) is 11.1 Å². The zero-order valence-electron chi connectivity index (χ0n) is 11.4. The minimum atomic E-state index is -0.797. The molecule has 1 aromatic heterocycles. The molecule has 0 saturated carbocycles. The van der Waals surface area contributed by atoms with Crippen LogP contribution >= 0.6 is 11.8 Å².